The summed E-state index contributed by atoms with van der Waals surface area (Å²) < 4.78 is 30.1. The molecule has 27 heavy (non-hydrogen) atoms. The topological polar surface area (TPSA) is 61.8 Å². The zero-order chi connectivity index (χ0) is 19.4. The summed E-state index contributed by atoms with van der Waals surface area (Å²) in [5.74, 6) is 0.0383. The van der Waals surface area contributed by atoms with E-state index in [1.165, 1.54) is 6.07 Å². The van der Waals surface area contributed by atoms with E-state index in [0.717, 1.165) is 37.7 Å². The fraction of sp³-hybridized carbons (Fsp3) is 0.650. The number of hydrogen-bond acceptors (Lipinski definition) is 4. The quantitative estimate of drug-likeness (QED) is 0.794. The van der Waals surface area contributed by atoms with Crippen LogP contribution in [0.2, 0.25) is 0 Å². The Bertz CT molecular complexity index is 663. The van der Waals surface area contributed by atoms with Gasteiger partial charge in [-0.3, -0.25) is 4.79 Å². The van der Waals surface area contributed by atoms with Crippen molar-refractivity contribution >= 4 is 5.91 Å². The standard InChI is InChI=1S/C20H28F2N2O3/c1-14-18-15(6-5-7-16(18)27-19(21)22)8-11-24(14)17(25)12-23-13-20(26)9-3-2-4-10-20/h5-7,14,19,23,26H,2-4,8-13H2,1H3. The molecule has 1 aromatic carbocycles. The molecule has 3 rings (SSSR count). The molecule has 0 bridgehead atoms. The van der Waals surface area contributed by atoms with Gasteiger partial charge in [0.2, 0.25) is 5.91 Å². The van der Waals surface area contributed by atoms with E-state index in [4.69, 9.17) is 0 Å². The van der Waals surface area contributed by atoms with Gasteiger partial charge in [0, 0.05) is 18.7 Å². The van der Waals surface area contributed by atoms with Crippen LogP contribution >= 0.6 is 0 Å². The number of amides is 1. The summed E-state index contributed by atoms with van der Waals surface area (Å²) in [6.45, 7) is 0.00425. The van der Waals surface area contributed by atoms with Gasteiger partial charge < -0.3 is 20.1 Å². The van der Waals surface area contributed by atoms with Crippen molar-refractivity contribution in [2.24, 2.45) is 0 Å². The highest BCUT2D eigenvalue weighted by Gasteiger charge is 2.32. The highest BCUT2D eigenvalue weighted by molar-refractivity contribution is 5.79. The van der Waals surface area contributed by atoms with Crippen LogP contribution in [0, 0.1) is 0 Å². The maximum atomic E-state index is 12.7. The summed E-state index contributed by atoms with van der Waals surface area (Å²) in [5, 5.41) is 13.6. The Morgan fingerprint density at radius 3 is 2.81 bits per heavy atom. The molecule has 0 radical (unpaired) electrons. The number of rotatable bonds is 6. The van der Waals surface area contributed by atoms with E-state index in [1.54, 1.807) is 11.0 Å². The highest BCUT2D eigenvalue weighted by Crippen LogP contribution is 2.37. The van der Waals surface area contributed by atoms with Gasteiger partial charge in [0.1, 0.15) is 5.75 Å². The van der Waals surface area contributed by atoms with Crippen LogP contribution in [0.4, 0.5) is 8.78 Å². The van der Waals surface area contributed by atoms with E-state index in [-0.39, 0.29) is 24.2 Å². The Labute approximate surface area is 158 Å². The number of nitrogens with one attached hydrogen (secondary N) is 1. The van der Waals surface area contributed by atoms with Gasteiger partial charge in [-0.15, -0.1) is 0 Å². The molecule has 1 atom stereocenters. The van der Waals surface area contributed by atoms with Gasteiger partial charge in [0.15, 0.2) is 0 Å². The van der Waals surface area contributed by atoms with Gasteiger partial charge in [0.05, 0.1) is 18.2 Å². The summed E-state index contributed by atoms with van der Waals surface area (Å²) in [4.78, 5) is 14.4. The van der Waals surface area contributed by atoms with Gasteiger partial charge in [-0.2, -0.15) is 8.78 Å². The molecule has 1 aromatic rings. The Kier molecular flexibility index (Phi) is 6.32. The lowest BCUT2D eigenvalue weighted by atomic mass is 9.85. The number of aliphatic hydroxyl groups is 1. The summed E-state index contributed by atoms with van der Waals surface area (Å²) in [6, 6.07) is 4.78. The molecule has 1 fully saturated rings. The number of carbonyl (C=O) groups excluding carboxylic acids is 1. The largest absolute Gasteiger partial charge is 0.434 e. The molecule has 0 spiro atoms. The minimum Gasteiger partial charge on any atom is -0.434 e. The minimum absolute atomic E-state index is 0.0978. The molecular formula is C20H28F2N2O3. The molecule has 1 aliphatic heterocycles. The van der Waals surface area contributed by atoms with Gasteiger partial charge in [-0.05, 0) is 37.8 Å². The second-order valence-electron chi connectivity index (χ2n) is 7.61. The zero-order valence-corrected chi connectivity index (χ0v) is 15.7. The molecule has 2 N–H and O–H groups in total. The van der Waals surface area contributed by atoms with Crippen molar-refractivity contribution < 1.29 is 23.4 Å². The van der Waals surface area contributed by atoms with E-state index in [1.807, 2.05) is 13.0 Å². The van der Waals surface area contributed by atoms with Crippen LogP contribution < -0.4 is 10.1 Å². The maximum Gasteiger partial charge on any atom is 0.387 e. The van der Waals surface area contributed by atoms with Gasteiger partial charge in [0.25, 0.3) is 0 Å². The Morgan fingerprint density at radius 2 is 2.11 bits per heavy atom. The lowest BCUT2D eigenvalue weighted by molar-refractivity contribution is -0.133. The Hall–Kier alpha value is -1.73. The van der Waals surface area contributed by atoms with Crippen molar-refractivity contribution in [3.05, 3.63) is 29.3 Å². The Balaban J connectivity index is 1.62. The molecule has 5 nitrogen and oxygen atoms in total. The van der Waals surface area contributed by atoms with Gasteiger partial charge in [-0.1, -0.05) is 31.4 Å². The van der Waals surface area contributed by atoms with Crippen molar-refractivity contribution in [2.45, 2.75) is 63.7 Å². The SMILES string of the molecule is CC1c2c(cccc2OC(F)F)CCN1C(=O)CNCC1(O)CCCCC1. The van der Waals surface area contributed by atoms with Crippen LogP contribution in [0.1, 0.15) is 56.2 Å². The molecule has 1 saturated carbocycles. The smallest absolute Gasteiger partial charge is 0.387 e. The first-order chi connectivity index (χ1) is 12.9. The third kappa shape index (κ3) is 4.76. The van der Waals surface area contributed by atoms with Crippen LogP contribution in [-0.2, 0) is 11.2 Å². The van der Waals surface area contributed by atoms with Crippen LogP contribution in [0.25, 0.3) is 0 Å². The van der Waals surface area contributed by atoms with Crippen LogP contribution in [0.3, 0.4) is 0 Å². The minimum atomic E-state index is -2.90. The van der Waals surface area contributed by atoms with Crippen molar-refractivity contribution in [3.63, 3.8) is 0 Å². The van der Waals surface area contributed by atoms with Crippen molar-refractivity contribution in [1.82, 2.24) is 10.2 Å². The monoisotopic (exact) mass is 382 g/mol. The molecule has 1 heterocycles. The van der Waals surface area contributed by atoms with E-state index in [2.05, 4.69) is 10.1 Å². The molecule has 2 aliphatic rings. The summed E-state index contributed by atoms with van der Waals surface area (Å²) >= 11 is 0. The average Bonchev–Trinajstić information content (AvgIpc) is 2.62. The van der Waals surface area contributed by atoms with Crippen LogP contribution in [0.15, 0.2) is 18.2 Å². The second-order valence-corrected chi connectivity index (χ2v) is 7.61. The highest BCUT2D eigenvalue weighted by atomic mass is 19.3. The average molecular weight is 382 g/mol. The third-order valence-electron chi connectivity index (χ3n) is 5.71. The number of benzene rings is 1. The molecule has 0 saturated heterocycles. The zero-order valence-electron chi connectivity index (χ0n) is 15.7. The molecule has 1 unspecified atom stereocenters. The molecule has 7 heteroatoms. The number of nitrogens with zero attached hydrogens (tertiary/aromatic N) is 1. The normalized spacial score (nSPS) is 21.8. The molecule has 150 valence electrons. The maximum absolute atomic E-state index is 12.7. The van der Waals surface area contributed by atoms with Crippen LogP contribution in [-0.4, -0.2) is 47.8 Å². The predicted molar refractivity (Wildman–Crippen MR) is 97.8 cm³/mol. The molecule has 1 aliphatic carbocycles. The first-order valence-corrected chi connectivity index (χ1v) is 9.69. The summed E-state index contributed by atoms with van der Waals surface area (Å²) in [7, 11) is 0. The fourth-order valence-electron chi connectivity index (χ4n) is 4.30. The predicted octanol–water partition coefficient (Wildman–Crippen LogP) is 3.02. The molecule has 0 aromatic heterocycles. The molecular weight excluding hydrogens is 354 g/mol. The first kappa shape index (κ1) is 20.0. The van der Waals surface area contributed by atoms with E-state index < -0.39 is 12.2 Å². The van der Waals surface area contributed by atoms with Crippen LogP contribution in [0.5, 0.6) is 5.75 Å². The van der Waals surface area contributed by atoms with E-state index in [0.29, 0.717) is 25.1 Å². The van der Waals surface area contributed by atoms with Crippen molar-refractivity contribution in [1.29, 1.82) is 0 Å². The van der Waals surface area contributed by atoms with Crippen molar-refractivity contribution in [2.75, 3.05) is 19.6 Å². The number of ether oxygens (including phenoxy) is 1. The summed E-state index contributed by atoms with van der Waals surface area (Å²) in [5.41, 5.74) is 0.870. The lowest BCUT2D eigenvalue weighted by Gasteiger charge is -2.37. The first-order valence-electron chi connectivity index (χ1n) is 9.69. The van der Waals surface area contributed by atoms with E-state index in [9.17, 15) is 18.7 Å². The number of carbonyl (C=O) groups is 1. The number of alkyl halides is 2. The lowest BCUT2D eigenvalue weighted by Crippen LogP contribution is -2.47. The summed E-state index contributed by atoms with van der Waals surface area (Å²) in [6.07, 6.45) is 5.30. The third-order valence-corrected chi connectivity index (χ3v) is 5.71. The van der Waals surface area contributed by atoms with E-state index >= 15 is 0 Å². The van der Waals surface area contributed by atoms with Crippen molar-refractivity contribution in [3.8, 4) is 5.75 Å². The Morgan fingerprint density at radius 1 is 1.37 bits per heavy atom. The fourth-order valence-corrected chi connectivity index (χ4v) is 4.30. The van der Waals surface area contributed by atoms with Gasteiger partial charge >= 0.3 is 6.61 Å². The molecule has 1 amide bonds. The van der Waals surface area contributed by atoms with Gasteiger partial charge in [-0.25, -0.2) is 0 Å². The number of fused-ring (bicyclic) bond motifs is 1. The number of hydrogen-bond donors (Lipinski definition) is 2. The second kappa shape index (κ2) is 8.52. The number of halogens is 2.